The molecule has 1 amide bonds. The summed E-state index contributed by atoms with van der Waals surface area (Å²) in [5, 5.41) is 9.74. The molecule has 0 fully saturated rings. The number of carbonyl (C=O) groups is 1. The van der Waals surface area contributed by atoms with E-state index in [1.807, 2.05) is 0 Å². The van der Waals surface area contributed by atoms with E-state index in [1.165, 1.54) is 30.6 Å². The number of hydrogen-bond donors (Lipinski definition) is 2. The Balaban J connectivity index is 1.82. The maximum atomic E-state index is 12.9. The second-order valence-corrected chi connectivity index (χ2v) is 4.85. The summed E-state index contributed by atoms with van der Waals surface area (Å²) >= 11 is 0. The molecule has 0 saturated heterocycles. The Hall–Kier alpha value is -3.17. The van der Waals surface area contributed by atoms with E-state index in [-0.39, 0.29) is 29.1 Å². The molecule has 0 saturated carbocycles. The maximum absolute atomic E-state index is 12.9. The van der Waals surface area contributed by atoms with Crippen LogP contribution in [0.4, 0.5) is 13.2 Å². The molecule has 10 heteroatoms. The highest BCUT2D eigenvalue weighted by Crippen LogP contribution is 2.31. The van der Waals surface area contributed by atoms with Gasteiger partial charge in [0.1, 0.15) is 5.56 Å². The van der Waals surface area contributed by atoms with E-state index in [0.29, 0.717) is 0 Å². The molecule has 24 heavy (non-hydrogen) atoms. The molecule has 0 radical (unpaired) electrons. The summed E-state index contributed by atoms with van der Waals surface area (Å²) in [4.78, 5) is 25.2. The zero-order valence-electron chi connectivity index (χ0n) is 12.0. The van der Waals surface area contributed by atoms with Gasteiger partial charge in [0.25, 0.3) is 5.91 Å². The molecule has 0 aromatic carbocycles. The first-order chi connectivity index (χ1) is 11.4. The SMILES string of the molecule is O=C(NCc1nnc2c(C(F)(F)F)cccn12)c1ccc(=O)[nH]c1. The van der Waals surface area contributed by atoms with Crippen LogP contribution in [-0.4, -0.2) is 25.5 Å². The molecule has 124 valence electrons. The zero-order valence-corrected chi connectivity index (χ0v) is 12.0. The number of halogens is 3. The number of carbonyl (C=O) groups excluding carboxylic acids is 1. The maximum Gasteiger partial charge on any atom is 0.420 e. The minimum atomic E-state index is -4.55. The van der Waals surface area contributed by atoms with Crippen molar-refractivity contribution in [1.82, 2.24) is 24.9 Å². The number of aromatic nitrogens is 4. The summed E-state index contributed by atoms with van der Waals surface area (Å²) in [6, 6.07) is 4.66. The van der Waals surface area contributed by atoms with E-state index in [2.05, 4.69) is 20.5 Å². The molecule has 3 aromatic rings. The van der Waals surface area contributed by atoms with Gasteiger partial charge in [-0.15, -0.1) is 10.2 Å². The van der Waals surface area contributed by atoms with Crippen LogP contribution in [0.25, 0.3) is 5.65 Å². The number of hydrogen-bond acceptors (Lipinski definition) is 4. The Labute approximate surface area is 132 Å². The minimum absolute atomic E-state index is 0.125. The molecular formula is C14H10F3N5O2. The number of amides is 1. The van der Waals surface area contributed by atoms with Crippen molar-refractivity contribution in [2.75, 3.05) is 0 Å². The summed E-state index contributed by atoms with van der Waals surface area (Å²) in [6.07, 6.45) is -1.93. The number of aromatic amines is 1. The largest absolute Gasteiger partial charge is 0.420 e. The lowest BCUT2D eigenvalue weighted by Crippen LogP contribution is -2.24. The lowest BCUT2D eigenvalue weighted by atomic mass is 10.2. The normalized spacial score (nSPS) is 11.6. The highest BCUT2D eigenvalue weighted by Gasteiger charge is 2.34. The van der Waals surface area contributed by atoms with Gasteiger partial charge in [-0.05, 0) is 18.2 Å². The Morgan fingerprint density at radius 3 is 2.71 bits per heavy atom. The fourth-order valence-corrected chi connectivity index (χ4v) is 2.12. The van der Waals surface area contributed by atoms with Crippen molar-refractivity contribution < 1.29 is 18.0 Å². The van der Waals surface area contributed by atoms with E-state index >= 15 is 0 Å². The van der Waals surface area contributed by atoms with Crippen LogP contribution in [-0.2, 0) is 12.7 Å². The van der Waals surface area contributed by atoms with Crippen LogP contribution in [0.15, 0.2) is 41.5 Å². The van der Waals surface area contributed by atoms with Crippen molar-refractivity contribution in [2.45, 2.75) is 12.7 Å². The number of nitrogens with one attached hydrogen (secondary N) is 2. The third kappa shape index (κ3) is 2.98. The van der Waals surface area contributed by atoms with Gasteiger partial charge in [0.15, 0.2) is 11.5 Å². The van der Waals surface area contributed by atoms with Gasteiger partial charge in [0, 0.05) is 18.5 Å². The molecule has 3 heterocycles. The molecule has 0 unspecified atom stereocenters. The smallest absolute Gasteiger partial charge is 0.345 e. The van der Waals surface area contributed by atoms with Crippen LogP contribution >= 0.6 is 0 Å². The molecule has 0 aliphatic carbocycles. The number of fused-ring (bicyclic) bond motifs is 1. The molecular weight excluding hydrogens is 327 g/mol. The second-order valence-electron chi connectivity index (χ2n) is 4.85. The summed E-state index contributed by atoms with van der Waals surface area (Å²) in [6.45, 7) is -0.125. The summed E-state index contributed by atoms with van der Waals surface area (Å²) in [5.74, 6) is -0.358. The van der Waals surface area contributed by atoms with Crippen LogP contribution in [0.5, 0.6) is 0 Å². The van der Waals surface area contributed by atoms with Gasteiger partial charge in [-0.25, -0.2) is 0 Å². The molecule has 0 bridgehead atoms. The van der Waals surface area contributed by atoms with Gasteiger partial charge in [0.2, 0.25) is 5.56 Å². The molecule has 7 nitrogen and oxygen atoms in total. The Morgan fingerprint density at radius 1 is 1.25 bits per heavy atom. The standard InChI is InChI=1S/C14H10F3N5O2/c15-14(16,17)9-2-1-5-22-10(20-21-12(9)22)7-19-13(24)8-3-4-11(23)18-6-8/h1-6H,7H2,(H,18,23)(H,19,24). The van der Waals surface area contributed by atoms with Crippen LogP contribution in [0, 0.1) is 0 Å². The quantitative estimate of drug-likeness (QED) is 0.755. The van der Waals surface area contributed by atoms with Crippen molar-refractivity contribution >= 4 is 11.6 Å². The van der Waals surface area contributed by atoms with Crippen LogP contribution in [0.2, 0.25) is 0 Å². The minimum Gasteiger partial charge on any atom is -0.345 e. The lowest BCUT2D eigenvalue weighted by molar-refractivity contribution is -0.136. The van der Waals surface area contributed by atoms with Gasteiger partial charge in [-0.1, -0.05) is 0 Å². The Morgan fingerprint density at radius 2 is 2.04 bits per heavy atom. The average Bonchev–Trinajstić information content (AvgIpc) is 2.95. The van der Waals surface area contributed by atoms with Crippen molar-refractivity contribution in [1.29, 1.82) is 0 Å². The summed E-state index contributed by atoms with van der Waals surface area (Å²) in [5.41, 5.74) is -1.39. The third-order valence-electron chi connectivity index (χ3n) is 3.26. The molecule has 0 spiro atoms. The van der Waals surface area contributed by atoms with Crippen molar-refractivity contribution in [3.05, 3.63) is 64.0 Å². The summed E-state index contributed by atoms with van der Waals surface area (Å²) < 4.78 is 39.9. The molecule has 0 aliphatic rings. The van der Waals surface area contributed by atoms with E-state index in [9.17, 15) is 22.8 Å². The van der Waals surface area contributed by atoms with E-state index < -0.39 is 17.6 Å². The first-order valence-corrected chi connectivity index (χ1v) is 6.73. The van der Waals surface area contributed by atoms with Gasteiger partial charge in [0.05, 0.1) is 12.1 Å². The Kier molecular flexibility index (Phi) is 3.80. The number of alkyl halides is 3. The van der Waals surface area contributed by atoms with E-state index in [1.54, 1.807) is 0 Å². The first kappa shape index (κ1) is 15.7. The molecule has 3 rings (SSSR count). The van der Waals surface area contributed by atoms with Gasteiger partial charge in [-0.2, -0.15) is 13.2 Å². The van der Waals surface area contributed by atoms with Gasteiger partial charge in [-0.3, -0.25) is 14.0 Å². The molecule has 0 aliphatic heterocycles. The van der Waals surface area contributed by atoms with E-state index in [4.69, 9.17) is 0 Å². The number of rotatable bonds is 3. The van der Waals surface area contributed by atoms with Crippen molar-refractivity contribution in [3.63, 3.8) is 0 Å². The van der Waals surface area contributed by atoms with Crippen LogP contribution < -0.4 is 10.9 Å². The molecule has 2 N–H and O–H groups in total. The zero-order chi connectivity index (χ0) is 17.3. The highest BCUT2D eigenvalue weighted by atomic mass is 19.4. The highest BCUT2D eigenvalue weighted by molar-refractivity contribution is 5.93. The first-order valence-electron chi connectivity index (χ1n) is 6.73. The average molecular weight is 337 g/mol. The Bertz CT molecular complexity index is 940. The summed E-state index contributed by atoms with van der Waals surface area (Å²) in [7, 11) is 0. The topological polar surface area (TPSA) is 92.2 Å². The third-order valence-corrected chi connectivity index (χ3v) is 3.26. The van der Waals surface area contributed by atoms with Gasteiger partial charge >= 0.3 is 6.18 Å². The van der Waals surface area contributed by atoms with Crippen LogP contribution in [0.1, 0.15) is 21.7 Å². The predicted octanol–water partition coefficient (Wildman–Crippen LogP) is 1.37. The number of pyridine rings is 2. The van der Waals surface area contributed by atoms with E-state index in [0.717, 1.165) is 10.5 Å². The number of nitrogens with zero attached hydrogens (tertiary/aromatic N) is 3. The lowest BCUT2D eigenvalue weighted by Gasteiger charge is -2.08. The van der Waals surface area contributed by atoms with Gasteiger partial charge < -0.3 is 10.3 Å². The molecule has 0 atom stereocenters. The number of H-pyrrole nitrogens is 1. The molecule has 3 aromatic heterocycles. The van der Waals surface area contributed by atoms with Crippen LogP contribution in [0.3, 0.4) is 0 Å². The fraction of sp³-hybridized carbons (Fsp3) is 0.143. The monoisotopic (exact) mass is 337 g/mol. The second kappa shape index (κ2) is 5.80. The van der Waals surface area contributed by atoms with Crippen molar-refractivity contribution in [2.24, 2.45) is 0 Å². The predicted molar refractivity (Wildman–Crippen MR) is 76.2 cm³/mol. The fourth-order valence-electron chi connectivity index (χ4n) is 2.12. The van der Waals surface area contributed by atoms with Crippen molar-refractivity contribution in [3.8, 4) is 0 Å².